The van der Waals surface area contributed by atoms with Gasteiger partial charge in [0.05, 0.1) is 11.2 Å². The minimum absolute atomic E-state index is 0.225. The monoisotopic (exact) mass is 298 g/mol. The van der Waals surface area contributed by atoms with Crippen LogP contribution in [-0.2, 0) is 14.0 Å². The van der Waals surface area contributed by atoms with Crippen LogP contribution in [0.1, 0.15) is 54.4 Å². The second kappa shape index (κ2) is 5.67. The molecule has 0 saturated carbocycles. The van der Waals surface area contributed by atoms with Gasteiger partial charge in [0, 0.05) is 13.2 Å². The average molecular weight is 298 g/mol. The van der Waals surface area contributed by atoms with Gasteiger partial charge in [0.25, 0.3) is 0 Å². The van der Waals surface area contributed by atoms with Crippen molar-refractivity contribution in [2.45, 2.75) is 65.6 Å². The molecule has 0 aromatic heterocycles. The van der Waals surface area contributed by atoms with Gasteiger partial charge in [-0.3, -0.25) is 0 Å². The van der Waals surface area contributed by atoms with E-state index in [1.807, 2.05) is 27.7 Å². The Bertz CT molecular complexity index is 396. The van der Waals surface area contributed by atoms with E-state index in [0.717, 1.165) is 26.1 Å². The van der Waals surface area contributed by atoms with E-state index >= 15 is 0 Å². The highest BCUT2D eigenvalue weighted by molar-refractivity contribution is 6.53. The molecule has 2 aliphatic heterocycles. The van der Waals surface area contributed by atoms with Gasteiger partial charge in [0.1, 0.15) is 5.73 Å². The first-order chi connectivity index (χ1) is 9.55. The highest BCUT2D eigenvalue weighted by Crippen LogP contribution is 2.41. The van der Waals surface area contributed by atoms with Crippen molar-refractivity contribution in [3.8, 4) is 0 Å². The minimum atomic E-state index is -0.894. The van der Waals surface area contributed by atoms with Crippen molar-refractivity contribution in [1.82, 2.24) is 0 Å². The van der Waals surface area contributed by atoms with Gasteiger partial charge in [-0.1, -0.05) is 19.9 Å². The van der Waals surface area contributed by atoms with Crippen molar-refractivity contribution in [2.24, 2.45) is 11.3 Å². The molecule has 2 saturated heterocycles. The zero-order valence-corrected chi connectivity index (χ0v) is 14.2. The summed E-state index contributed by atoms with van der Waals surface area (Å²) < 4.78 is 31.6. The van der Waals surface area contributed by atoms with E-state index in [1.54, 1.807) is 6.08 Å². The Hall–Kier alpha value is -0.385. The van der Waals surface area contributed by atoms with Gasteiger partial charge in [0.15, 0.2) is 0 Å². The number of hydrogen-bond acceptors (Lipinski definition) is 3. The molecule has 21 heavy (non-hydrogen) atoms. The summed E-state index contributed by atoms with van der Waals surface area (Å²) in [4.78, 5) is 0. The Labute approximate surface area is 128 Å². The van der Waals surface area contributed by atoms with Crippen LogP contribution in [0.15, 0.2) is 11.8 Å². The fourth-order valence-electron chi connectivity index (χ4n) is 2.94. The fourth-order valence-corrected chi connectivity index (χ4v) is 2.94. The van der Waals surface area contributed by atoms with E-state index in [9.17, 15) is 4.39 Å². The third-order valence-corrected chi connectivity index (χ3v) is 5.26. The van der Waals surface area contributed by atoms with Gasteiger partial charge >= 0.3 is 7.12 Å². The standard InChI is InChI=1S/C16H28BFO3/c1-14(2,12-7-9-19-10-8-12)11-13(18)17-20-15(3,4)16(5,6)21-17/h11-12H,7-10H2,1-6H3. The lowest BCUT2D eigenvalue weighted by molar-refractivity contribution is 0.00578. The first kappa shape index (κ1) is 17.0. The summed E-state index contributed by atoms with van der Waals surface area (Å²) in [5, 5.41) is 0. The zero-order chi connectivity index (χ0) is 15.9. The lowest BCUT2D eigenvalue weighted by Gasteiger charge is -2.34. The lowest BCUT2D eigenvalue weighted by atomic mass is 9.71. The number of halogens is 1. The Balaban J connectivity index is 2.10. The van der Waals surface area contributed by atoms with Crippen LogP contribution in [0, 0.1) is 11.3 Å². The number of ether oxygens (including phenoxy) is 1. The van der Waals surface area contributed by atoms with Gasteiger partial charge in [-0.15, -0.1) is 0 Å². The third kappa shape index (κ3) is 3.51. The smallest absolute Gasteiger partial charge is 0.398 e. The van der Waals surface area contributed by atoms with Crippen molar-refractivity contribution < 1.29 is 18.4 Å². The summed E-state index contributed by atoms with van der Waals surface area (Å²) in [5.41, 5.74) is -1.56. The van der Waals surface area contributed by atoms with Crippen LogP contribution < -0.4 is 0 Å². The second-order valence-electron chi connectivity index (χ2n) is 7.83. The predicted molar refractivity (Wildman–Crippen MR) is 82.6 cm³/mol. The molecule has 2 heterocycles. The average Bonchev–Trinajstić information content (AvgIpc) is 2.59. The minimum Gasteiger partial charge on any atom is -0.398 e. The highest BCUT2D eigenvalue weighted by atomic mass is 19.1. The Kier molecular flexibility index (Phi) is 4.59. The fraction of sp³-hybridized carbons (Fsp3) is 0.875. The van der Waals surface area contributed by atoms with Crippen molar-refractivity contribution in [3.63, 3.8) is 0 Å². The lowest BCUT2D eigenvalue weighted by Crippen LogP contribution is -2.41. The molecule has 120 valence electrons. The quantitative estimate of drug-likeness (QED) is 0.739. The van der Waals surface area contributed by atoms with Crippen molar-refractivity contribution in [3.05, 3.63) is 11.8 Å². The van der Waals surface area contributed by atoms with E-state index < -0.39 is 18.3 Å². The van der Waals surface area contributed by atoms with Crippen molar-refractivity contribution in [2.75, 3.05) is 13.2 Å². The van der Waals surface area contributed by atoms with Crippen molar-refractivity contribution >= 4 is 7.12 Å². The van der Waals surface area contributed by atoms with E-state index in [-0.39, 0.29) is 11.1 Å². The molecule has 0 atom stereocenters. The van der Waals surface area contributed by atoms with Crippen LogP contribution in [-0.4, -0.2) is 31.5 Å². The molecule has 2 fully saturated rings. The Morgan fingerprint density at radius 2 is 1.57 bits per heavy atom. The summed E-state index contributed by atoms with van der Waals surface area (Å²) in [7, 11) is -0.894. The predicted octanol–water partition coefficient (Wildman–Crippen LogP) is 3.92. The molecule has 0 aliphatic carbocycles. The molecule has 0 aromatic carbocycles. The summed E-state index contributed by atoms with van der Waals surface area (Å²) in [6.45, 7) is 13.4. The van der Waals surface area contributed by atoms with Gasteiger partial charge in [-0.2, -0.15) is 0 Å². The topological polar surface area (TPSA) is 27.7 Å². The number of rotatable bonds is 3. The first-order valence-electron chi connectivity index (χ1n) is 7.87. The van der Waals surface area contributed by atoms with E-state index in [0.29, 0.717) is 5.92 Å². The number of allylic oxidation sites excluding steroid dienone is 1. The van der Waals surface area contributed by atoms with Crippen LogP contribution in [0.3, 0.4) is 0 Å². The molecule has 0 unspecified atom stereocenters. The third-order valence-electron chi connectivity index (χ3n) is 5.26. The van der Waals surface area contributed by atoms with Crippen LogP contribution in [0.4, 0.5) is 4.39 Å². The molecule has 2 rings (SSSR count). The second-order valence-corrected chi connectivity index (χ2v) is 7.83. The maximum Gasteiger partial charge on any atom is 0.524 e. The molecular formula is C16H28BFO3. The van der Waals surface area contributed by atoms with E-state index in [4.69, 9.17) is 14.0 Å². The van der Waals surface area contributed by atoms with Crippen LogP contribution >= 0.6 is 0 Å². The maximum atomic E-state index is 14.6. The van der Waals surface area contributed by atoms with Gasteiger partial charge < -0.3 is 14.0 Å². The molecule has 2 aliphatic rings. The van der Waals surface area contributed by atoms with Gasteiger partial charge in [0.2, 0.25) is 0 Å². The Morgan fingerprint density at radius 1 is 1.10 bits per heavy atom. The van der Waals surface area contributed by atoms with E-state index in [2.05, 4.69) is 13.8 Å². The normalized spacial score (nSPS) is 27.2. The van der Waals surface area contributed by atoms with Crippen molar-refractivity contribution in [1.29, 1.82) is 0 Å². The molecule has 3 nitrogen and oxygen atoms in total. The van der Waals surface area contributed by atoms with Gasteiger partial charge in [-0.05, 0) is 51.9 Å². The molecule has 0 spiro atoms. The summed E-state index contributed by atoms with van der Waals surface area (Å²) in [5.74, 6) is 0.430. The SMILES string of the molecule is CC(C)(C=C(F)B1OC(C)(C)C(C)(C)O1)C1CCOCC1. The molecule has 0 radical (unpaired) electrons. The molecule has 0 N–H and O–H groups in total. The molecule has 0 bridgehead atoms. The Morgan fingerprint density at radius 3 is 2.05 bits per heavy atom. The first-order valence-corrected chi connectivity index (χ1v) is 7.87. The molecule has 5 heteroatoms. The number of hydrogen-bond donors (Lipinski definition) is 0. The highest BCUT2D eigenvalue weighted by Gasteiger charge is 2.53. The van der Waals surface area contributed by atoms with Crippen LogP contribution in [0.25, 0.3) is 0 Å². The zero-order valence-electron chi connectivity index (χ0n) is 14.2. The van der Waals surface area contributed by atoms with E-state index in [1.165, 1.54) is 0 Å². The maximum absolute atomic E-state index is 14.6. The molecule has 0 amide bonds. The van der Waals surface area contributed by atoms with Crippen LogP contribution in [0.5, 0.6) is 0 Å². The summed E-state index contributed by atoms with van der Waals surface area (Å²) in [6.07, 6.45) is 3.63. The van der Waals surface area contributed by atoms with Gasteiger partial charge in [-0.25, -0.2) is 4.39 Å². The largest absolute Gasteiger partial charge is 0.524 e. The van der Waals surface area contributed by atoms with Crippen LogP contribution in [0.2, 0.25) is 0 Å². The summed E-state index contributed by atoms with van der Waals surface area (Å²) >= 11 is 0. The molecule has 0 aromatic rings. The molecular weight excluding hydrogens is 270 g/mol. The summed E-state index contributed by atoms with van der Waals surface area (Å²) in [6, 6.07) is 0.